The van der Waals surface area contributed by atoms with E-state index < -0.39 is 17.6 Å². The van der Waals surface area contributed by atoms with Gasteiger partial charge in [-0.2, -0.15) is 13.2 Å². The van der Waals surface area contributed by atoms with Crippen LogP contribution in [-0.2, 0) is 12.7 Å². The van der Waals surface area contributed by atoms with Crippen molar-refractivity contribution in [2.75, 3.05) is 0 Å². The number of benzene rings is 1. The van der Waals surface area contributed by atoms with Gasteiger partial charge in [-0.1, -0.05) is 26.3 Å². The third-order valence-electron chi connectivity index (χ3n) is 4.66. The summed E-state index contributed by atoms with van der Waals surface area (Å²) in [7, 11) is 0. The number of halogens is 4. The first-order chi connectivity index (χ1) is 9.82. The van der Waals surface area contributed by atoms with E-state index in [0.29, 0.717) is 30.0 Å². The van der Waals surface area contributed by atoms with Crippen LogP contribution in [-0.4, -0.2) is 6.04 Å². The molecule has 0 radical (unpaired) electrons. The molecule has 1 aromatic rings. The quantitative estimate of drug-likeness (QED) is 0.791. The van der Waals surface area contributed by atoms with Crippen LogP contribution in [0.15, 0.2) is 18.2 Å². The van der Waals surface area contributed by atoms with Crippen molar-refractivity contribution >= 4 is 0 Å². The number of hydrogen-bond acceptors (Lipinski definition) is 1. The van der Waals surface area contributed by atoms with Gasteiger partial charge in [-0.3, -0.25) is 0 Å². The monoisotopic (exact) mass is 303 g/mol. The summed E-state index contributed by atoms with van der Waals surface area (Å²) in [6, 6.07) is 3.54. The van der Waals surface area contributed by atoms with Crippen LogP contribution in [0.1, 0.15) is 44.2 Å². The van der Waals surface area contributed by atoms with Gasteiger partial charge in [0.15, 0.2) is 0 Å². The highest BCUT2D eigenvalue weighted by Crippen LogP contribution is 2.34. The molecule has 0 saturated heterocycles. The van der Waals surface area contributed by atoms with Crippen molar-refractivity contribution in [2.45, 2.75) is 51.9 Å². The summed E-state index contributed by atoms with van der Waals surface area (Å²) in [5.74, 6) is -0.00878. The molecule has 118 valence electrons. The zero-order valence-electron chi connectivity index (χ0n) is 12.3. The van der Waals surface area contributed by atoms with Crippen LogP contribution in [0, 0.1) is 17.7 Å². The lowest BCUT2D eigenvalue weighted by Gasteiger charge is -2.21. The van der Waals surface area contributed by atoms with Gasteiger partial charge in [0.1, 0.15) is 5.82 Å². The van der Waals surface area contributed by atoms with E-state index in [0.717, 1.165) is 31.4 Å². The van der Waals surface area contributed by atoms with Crippen LogP contribution >= 0.6 is 0 Å². The van der Waals surface area contributed by atoms with E-state index in [1.165, 1.54) is 6.07 Å². The number of alkyl halides is 3. The maximum Gasteiger partial charge on any atom is 0.419 e. The molecule has 1 fully saturated rings. The van der Waals surface area contributed by atoms with Crippen molar-refractivity contribution in [3.63, 3.8) is 0 Å². The van der Waals surface area contributed by atoms with Crippen LogP contribution < -0.4 is 5.32 Å². The average molecular weight is 303 g/mol. The largest absolute Gasteiger partial charge is 0.419 e. The maximum absolute atomic E-state index is 13.2. The molecule has 1 aliphatic rings. The van der Waals surface area contributed by atoms with E-state index in [-0.39, 0.29) is 0 Å². The van der Waals surface area contributed by atoms with E-state index in [9.17, 15) is 17.6 Å². The first-order valence-electron chi connectivity index (χ1n) is 7.42. The van der Waals surface area contributed by atoms with E-state index in [1.807, 2.05) is 0 Å². The summed E-state index contributed by atoms with van der Waals surface area (Å²) in [6.45, 7) is 4.69. The molecule has 1 nitrogen and oxygen atoms in total. The minimum atomic E-state index is -4.64. The molecule has 3 unspecified atom stereocenters. The van der Waals surface area contributed by atoms with E-state index in [2.05, 4.69) is 19.2 Å². The molecule has 5 heteroatoms. The van der Waals surface area contributed by atoms with Crippen LogP contribution in [0.25, 0.3) is 0 Å². The Bertz CT molecular complexity index is 484. The van der Waals surface area contributed by atoms with Crippen LogP contribution in [0.5, 0.6) is 0 Å². The molecule has 0 heterocycles. The minimum absolute atomic E-state index is 0.328. The van der Waals surface area contributed by atoms with Gasteiger partial charge in [0.2, 0.25) is 0 Å². The van der Waals surface area contributed by atoms with Gasteiger partial charge in [0, 0.05) is 12.6 Å². The number of hydrogen-bond donors (Lipinski definition) is 1. The Kier molecular flexibility index (Phi) is 4.91. The van der Waals surface area contributed by atoms with E-state index in [4.69, 9.17) is 0 Å². The Hall–Kier alpha value is -1.10. The van der Waals surface area contributed by atoms with Gasteiger partial charge in [-0.05, 0) is 42.4 Å². The fourth-order valence-corrected chi connectivity index (χ4v) is 3.26. The van der Waals surface area contributed by atoms with Crippen molar-refractivity contribution in [1.29, 1.82) is 0 Å². The Morgan fingerprint density at radius 3 is 2.52 bits per heavy atom. The second-order valence-electron chi connectivity index (χ2n) is 5.90. The Morgan fingerprint density at radius 2 is 1.95 bits per heavy atom. The molecule has 1 aromatic carbocycles. The van der Waals surface area contributed by atoms with E-state index >= 15 is 0 Å². The molecule has 0 bridgehead atoms. The summed E-state index contributed by atoms with van der Waals surface area (Å²) in [6.07, 6.45) is -1.30. The predicted molar refractivity (Wildman–Crippen MR) is 74.2 cm³/mol. The molecule has 0 aromatic heterocycles. The van der Waals surface area contributed by atoms with Crippen LogP contribution in [0.4, 0.5) is 17.6 Å². The van der Waals surface area contributed by atoms with Crippen LogP contribution in [0.3, 0.4) is 0 Å². The highest BCUT2D eigenvalue weighted by Gasteiger charge is 2.34. The van der Waals surface area contributed by atoms with Crippen molar-refractivity contribution in [3.05, 3.63) is 35.1 Å². The van der Waals surface area contributed by atoms with Crippen molar-refractivity contribution in [1.82, 2.24) is 5.32 Å². The van der Waals surface area contributed by atoms with Gasteiger partial charge in [0.05, 0.1) is 5.56 Å². The molecular weight excluding hydrogens is 282 g/mol. The molecule has 0 amide bonds. The summed E-state index contributed by atoms with van der Waals surface area (Å²) in [5.41, 5.74) is -0.719. The summed E-state index contributed by atoms with van der Waals surface area (Å²) < 4.78 is 51.2. The fourth-order valence-electron chi connectivity index (χ4n) is 3.26. The second kappa shape index (κ2) is 6.34. The highest BCUT2D eigenvalue weighted by atomic mass is 19.4. The van der Waals surface area contributed by atoms with Gasteiger partial charge < -0.3 is 5.32 Å². The second-order valence-corrected chi connectivity index (χ2v) is 5.90. The van der Waals surface area contributed by atoms with Gasteiger partial charge in [-0.25, -0.2) is 4.39 Å². The predicted octanol–water partition coefficient (Wildman–Crippen LogP) is 4.76. The van der Waals surface area contributed by atoms with Crippen molar-refractivity contribution in [2.24, 2.45) is 11.8 Å². The molecule has 0 aliphatic heterocycles. The summed E-state index contributed by atoms with van der Waals surface area (Å²) in [4.78, 5) is 0. The maximum atomic E-state index is 13.2. The van der Waals surface area contributed by atoms with Crippen molar-refractivity contribution < 1.29 is 17.6 Å². The molecule has 1 saturated carbocycles. The Balaban J connectivity index is 2.01. The zero-order valence-corrected chi connectivity index (χ0v) is 12.3. The number of rotatable bonds is 4. The summed E-state index contributed by atoms with van der Waals surface area (Å²) in [5, 5.41) is 3.32. The first kappa shape index (κ1) is 16.3. The minimum Gasteiger partial charge on any atom is -0.310 e. The Labute approximate surface area is 122 Å². The third-order valence-corrected chi connectivity index (χ3v) is 4.66. The molecule has 0 spiro atoms. The van der Waals surface area contributed by atoms with Gasteiger partial charge >= 0.3 is 6.18 Å². The molecule has 3 atom stereocenters. The van der Waals surface area contributed by atoms with Crippen molar-refractivity contribution in [3.8, 4) is 0 Å². The van der Waals surface area contributed by atoms with Crippen LogP contribution in [0.2, 0.25) is 0 Å². The standard InChI is InChI=1S/C16H21F4N/c1-3-12-5-7-15(10(12)2)21-9-11-4-6-14(17)13(8-11)16(18,19)20/h4,6,8,10,12,15,21H,3,5,7,9H2,1-2H3. The molecule has 2 rings (SSSR count). The number of nitrogens with one attached hydrogen (secondary N) is 1. The zero-order chi connectivity index (χ0) is 15.6. The lowest BCUT2D eigenvalue weighted by atomic mass is 9.93. The SMILES string of the molecule is CCC1CCC(NCc2ccc(F)c(C(F)(F)F)c2)C1C. The molecular formula is C16H21F4N. The third kappa shape index (κ3) is 3.76. The lowest BCUT2D eigenvalue weighted by Crippen LogP contribution is -2.32. The van der Waals surface area contributed by atoms with E-state index in [1.54, 1.807) is 0 Å². The fraction of sp³-hybridized carbons (Fsp3) is 0.625. The first-order valence-corrected chi connectivity index (χ1v) is 7.42. The highest BCUT2D eigenvalue weighted by molar-refractivity contribution is 5.27. The Morgan fingerprint density at radius 1 is 1.24 bits per heavy atom. The van der Waals surface area contributed by atoms with Gasteiger partial charge in [0.25, 0.3) is 0 Å². The smallest absolute Gasteiger partial charge is 0.310 e. The molecule has 21 heavy (non-hydrogen) atoms. The van der Waals surface area contributed by atoms with Gasteiger partial charge in [-0.15, -0.1) is 0 Å². The normalized spacial score (nSPS) is 26.3. The lowest BCUT2D eigenvalue weighted by molar-refractivity contribution is -0.140. The molecule has 1 aliphatic carbocycles. The average Bonchev–Trinajstić information content (AvgIpc) is 2.77. The summed E-state index contributed by atoms with van der Waals surface area (Å²) >= 11 is 0. The molecule has 1 N–H and O–H groups in total. The topological polar surface area (TPSA) is 12.0 Å².